The number of phosphoric ester groups is 2. The van der Waals surface area contributed by atoms with Crippen molar-refractivity contribution in [3.05, 3.63) is 0 Å². The predicted octanol–water partition coefficient (Wildman–Crippen LogP) is 21.6. The SMILES string of the molecule is CCCCCCCCCCCCCCCCCCC(=O)OC[C@H](COP(=O)(O)OC[C@@H](O)COP(=O)(O)OC[C@@H](COC(=O)CCCCCCCCC)OC(=O)CCCCCCCCCCCCCC(C)C)OC(=O)CCCCCCCCCCCCCCCC(C)C. The first-order valence-corrected chi connectivity index (χ1v) is 41.5. The lowest BCUT2D eigenvalue weighted by atomic mass is 10.0. The first-order valence-electron chi connectivity index (χ1n) is 38.5. The molecule has 2 unspecified atom stereocenters. The molecule has 552 valence electrons. The number of carbonyl (C=O) groups excluding carboxylic acids is 4. The van der Waals surface area contributed by atoms with Gasteiger partial charge < -0.3 is 33.8 Å². The van der Waals surface area contributed by atoms with Crippen LogP contribution in [0.5, 0.6) is 0 Å². The largest absolute Gasteiger partial charge is 0.472 e. The van der Waals surface area contributed by atoms with Crippen molar-refractivity contribution in [1.82, 2.24) is 0 Å². The molecule has 0 aromatic heterocycles. The fourth-order valence-electron chi connectivity index (χ4n) is 11.3. The van der Waals surface area contributed by atoms with E-state index in [1.54, 1.807) is 0 Å². The second-order valence-corrected chi connectivity index (χ2v) is 30.5. The van der Waals surface area contributed by atoms with Gasteiger partial charge in [-0.3, -0.25) is 37.3 Å². The van der Waals surface area contributed by atoms with Gasteiger partial charge in [-0.2, -0.15) is 0 Å². The van der Waals surface area contributed by atoms with E-state index in [0.29, 0.717) is 25.7 Å². The number of aliphatic hydroxyl groups is 1. The van der Waals surface area contributed by atoms with Crippen LogP contribution in [0.25, 0.3) is 0 Å². The average Bonchev–Trinajstić information content (AvgIpc) is 3.03. The highest BCUT2D eigenvalue weighted by molar-refractivity contribution is 7.47. The lowest BCUT2D eigenvalue weighted by molar-refractivity contribution is -0.161. The minimum Gasteiger partial charge on any atom is -0.462 e. The molecule has 93 heavy (non-hydrogen) atoms. The van der Waals surface area contributed by atoms with E-state index >= 15 is 0 Å². The fourth-order valence-corrected chi connectivity index (χ4v) is 12.9. The first-order chi connectivity index (χ1) is 44.9. The highest BCUT2D eigenvalue weighted by Gasteiger charge is 2.30. The molecule has 0 aliphatic carbocycles. The monoisotopic (exact) mass is 1370 g/mol. The van der Waals surface area contributed by atoms with Crippen molar-refractivity contribution in [3.63, 3.8) is 0 Å². The molecule has 17 nitrogen and oxygen atoms in total. The minimum absolute atomic E-state index is 0.106. The van der Waals surface area contributed by atoms with Crippen molar-refractivity contribution in [2.24, 2.45) is 11.8 Å². The van der Waals surface area contributed by atoms with E-state index in [1.165, 1.54) is 186 Å². The summed E-state index contributed by atoms with van der Waals surface area (Å²) >= 11 is 0. The van der Waals surface area contributed by atoms with Gasteiger partial charge in [0, 0.05) is 25.7 Å². The van der Waals surface area contributed by atoms with Gasteiger partial charge in [-0.15, -0.1) is 0 Å². The molecule has 0 amide bonds. The van der Waals surface area contributed by atoms with Gasteiger partial charge in [0.15, 0.2) is 12.2 Å². The van der Waals surface area contributed by atoms with Crippen molar-refractivity contribution in [1.29, 1.82) is 0 Å². The van der Waals surface area contributed by atoms with Gasteiger partial charge in [0.25, 0.3) is 0 Å². The Hall–Kier alpha value is -1.94. The molecule has 0 saturated heterocycles. The number of phosphoric acid groups is 2. The zero-order valence-electron chi connectivity index (χ0n) is 60.6. The Morgan fingerprint density at radius 1 is 0.290 bits per heavy atom. The molecular formula is C74H144O17P2. The summed E-state index contributed by atoms with van der Waals surface area (Å²) in [6.45, 7) is 9.56. The number of unbranched alkanes of at least 4 members (excludes halogenated alkanes) is 43. The summed E-state index contributed by atoms with van der Waals surface area (Å²) < 4.78 is 68.4. The standard InChI is InChI=1S/C74H144O17P2/c1-7-9-11-13-15-16-17-18-19-20-23-28-33-39-45-51-57-72(77)85-63-70(91-73(78)58-52-46-40-34-29-24-21-22-26-31-37-42-48-54-66(3)4)65-89-93(82,83)87-61-68(75)60-86-92(80,81)88-64-69(62-84-71(76)56-50-44-36-14-12-10-8-2)90-74(79)59-53-47-41-35-30-25-27-32-38-43-49-55-67(5)6/h66-70,75H,7-65H2,1-6H3,(H,80,81)(H,82,83)/t68-,69+,70+/m0/s1. The van der Waals surface area contributed by atoms with Crippen molar-refractivity contribution >= 4 is 39.5 Å². The number of rotatable bonds is 73. The number of esters is 4. The molecule has 0 aromatic rings. The van der Waals surface area contributed by atoms with Gasteiger partial charge in [0.2, 0.25) is 0 Å². The first kappa shape index (κ1) is 91.1. The molecule has 0 saturated carbocycles. The number of ether oxygens (including phenoxy) is 4. The molecule has 19 heteroatoms. The Bertz CT molecular complexity index is 1800. The van der Waals surface area contributed by atoms with Crippen LogP contribution in [0.15, 0.2) is 0 Å². The summed E-state index contributed by atoms with van der Waals surface area (Å²) in [6.07, 6.45) is 52.8. The molecule has 0 radical (unpaired) electrons. The van der Waals surface area contributed by atoms with Crippen molar-refractivity contribution in [2.75, 3.05) is 39.6 Å². The van der Waals surface area contributed by atoms with Crippen LogP contribution >= 0.6 is 15.6 Å². The highest BCUT2D eigenvalue weighted by Crippen LogP contribution is 2.45. The zero-order valence-corrected chi connectivity index (χ0v) is 62.3. The molecule has 0 fully saturated rings. The number of hydrogen-bond donors (Lipinski definition) is 3. The molecule has 0 aliphatic heterocycles. The van der Waals surface area contributed by atoms with Gasteiger partial charge in [0.1, 0.15) is 19.3 Å². The van der Waals surface area contributed by atoms with Crippen molar-refractivity contribution < 1.29 is 80.2 Å². The van der Waals surface area contributed by atoms with Crippen LogP contribution in [-0.2, 0) is 65.4 Å². The second-order valence-electron chi connectivity index (χ2n) is 27.6. The van der Waals surface area contributed by atoms with Crippen LogP contribution < -0.4 is 0 Å². The quantitative estimate of drug-likeness (QED) is 0.0222. The summed E-state index contributed by atoms with van der Waals surface area (Å²) in [5.74, 6) is -0.569. The minimum atomic E-state index is -4.95. The number of aliphatic hydroxyl groups excluding tert-OH is 1. The van der Waals surface area contributed by atoms with Crippen LogP contribution in [0.2, 0.25) is 0 Å². The molecule has 5 atom stereocenters. The Morgan fingerprint density at radius 2 is 0.495 bits per heavy atom. The van der Waals surface area contributed by atoms with E-state index in [1.807, 2.05) is 0 Å². The van der Waals surface area contributed by atoms with Crippen LogP contribution in [0, 0.1) is 11.8 Å². The van der Waals surface area contributed by atoms with Crippen LogP contribution in [0.3, 0.4) is 0 Å². The fraction of sp³-hybridized carbons (Fsp3) is 0.946. The Kier molecular flexibility index (Phi) is 64.6. The average molecular weight is 1370 g/mol. The van der Waals surface area contributed by atoms with E-state index in [2.05, 4.69) is 41.5 Å². The third-order valence-corrected chi connectivity index (χ3v) is 19.1. The Balaban J connectivity index is 5.20. The molecule has 0 bridgehead atoms. The third-order valence-electron chi connectivity index (χ3n) is 17.2. The number of hydrogen-bond acceptors (Lipinski definition) is 15. The molecule has 3 N–H and O–H groups in total. The molecule has 0 rings (SSSR count). The van der Waals surface area contributed by atoms with Gasteiger partial charge in [-0.25, -0.2) is 9.13 Å². The van der Waals surface area contributed by atoms with Crippen LogP contribution in [0.4, 0.5) is 0 Å². The normalized spacial score (nSPS) is 14.1. The molecule has 0 aromatic carbocycles. The lowest BCUT2D eigenvalue weighted by Crippen LogP contribution is -2.30. The maximum atomic E-state index is 13.1. The summed E-state index contributed by atoms with van der Waals surface area (Å²) in [7, 11) is -9.90. The van der Waals surface area contributed by atoms with Gasteiger partial charge in [-0.1, -0.05) is 330 Å². The van der Waals surface area contributed by atoms with Crippen LogP contribution in [0.1, 0.15) is 382 Å². The van der Waals surface area contributed by atoms with E-state index in [-0.39, 0.29) is 25.7 Å². The molecule has 0 aliphatic rings. The predicted molar refractivity (Wildman–Crippen MR) is 377 cm³/mol. The van der Waals surface area contributed by atoms with Crippen molar-refractivity contribution in [3.8, 4) is 0 Å². The van der Waals surface area contributed by atoms with Gasteiger partial charge in [-0.05, 0) is 37.5 Å². The summed E-state index contributed by atoms with van der Waals surface area (Å²) in [5.41, 5.74) is 0. The van der Waals surface area contributed by atoms with E-state index in [9.17, 15) is 43.2 Å². The third kappa shape index (κ3) is 68.4. The van der Waals surface area contributed by atoms with Crippen LogP contribution in [-0.4, -0.2) is 96.7 Å². The van der Waals surface area contributed by atoms with E-state index < -0.39 is 97.5 Å². The van der Waals surface area contributed by atoms with Crippen molar-refractivity contribution in [2.45, 2.75) is 400 Å². The zero-order chi connectivity index (χ0) is 68.6. The smallest absolute Gasteiger partial charge is 0.462 e. The maximum Gasteiger partial charge on any atom is 0.472 e. The summed E-state index contributed by atoms with van der Waals surface area (Å²) in [5, 5.41) is 10.6. The number of carbonyl (C=O) groups is 4. The Morgan fingerprint density at radius 3 is 0.731 bits per heavy atom. The van der Waals surface area contributed by atoms with E-state index in [0.717, 1.165) is 115 Å². The maximum absolute atomic E-state index is 13.1. The van der Waals surface area contributed by atoms with Gasteiger partial charge in [0.05, 0.1) is 26.4 Å². The molecule has 0 spiro atoms. The summed E-state index contributed by atoms with van der Waals surface area (Å²) in [4.78, 5) is 72.6. The molecular weight excluding hydrogens is 1220 g/mol. The second kappa shape index (κ2) is 66.0. The summed E-state index contributed by atoms with van der Waals surface area (Å²) in [6, 6.07) is 0. The highest BCUT2D eigenvalue weighted by atomic mass is 31.2. The van der Waals surface area contributed by atoms with Gasteiger partial charge >= 0.3 is 39.5 Å². The topological polar surface area (TPSA) is 237 Å². The lowest BCUT2D eigenvalue weighted by Gasteiger charge is -2.21. The van der Waals surface area contributed by atoms with E-state index in [4.69, 9.17) is 37.0 Å². The molecule has 0 heterocycles. The Labute approximate surface area is 568 Å².